The maximum atomic E-state index is 10.0. The smallest absolute Gasteiger partial charge is 0.308 e. The number of nitrogens with two attached hydrogens (primary N) is 1. The fourth-order valence-corrected chi connectivity index (χ4v) is 0.614. The highest BCUT2D eigenvalue weighted by molar-refractivity contribution is 5.85. The number of halogens is 1. The van der Waals surface area contributed by atoms with Gasteiger partial charge in [0.1, 0.15) is 0 Å². The highest BCUT2D eigenvalue weighted by Gasteiger charge is 2.18. The van der Waals surface area contributed by atoms with Crippen molar-refractivity contribution in [3.8, 4) is 0 Å². The molecule has 1 aromatic carbocycles. The monoisotopic (exact) mass is 319 g/mol. The predicted octanol–water partition coefficient (Wildman–Crippen LogP) is 3.17. The molecule has 1 aromatic rings. The van der Waals surface area contributed by atoms with Gasteiger partial charge in [-0.15, -0.1) is 12.4 Å². The Balaban J connectivity index is -0.000000233. The minimum atomic E-state index is -0.757. The van der Waals surface area contributed by atoms with Crippen molar-refractivity contribution in [2.45, 2.75) is 40.7 Å². The summed E-state index contributed by atoms with van der Waals surface area (Å²) in [5.74, 6) is -1.50. The first-order valence-corrected chi connectivity index (χ1v) is 6.34. The van der Waals surface area contributed by atoms with Crippen LogP contribution in [-0.4, -0.2) is 22.2 Å². The molecular weight excluding hydrogens is 294 g/mol. The minimum Gasteiger partial charge on any atom is -0.481 e. The molecule has 21 heavy (non-hydrogen) atoms. The summed E-state index contributed by atoms with van der Waals surface area (Å²) in [6.45, 7) is 7.23. The van der Waals surface area contributed by atoms with Gasteiger partial charge in [0.2, 0.25) is 0 Å². The normalized spacial score (nSPS) is 9.00. The molecule has 6 heteroatoms. The highest BCUT2D eigenvalue weighted by atomic mass is 35.5. The number of aliphatic carboxylic acids is 2. The zero-order chi connectivity index (χ0) is 16.2. The van der Waals surface area contributed by atoms with Crippen LogP contribution in [0.25, 0.3) is 0 Å². The van der Waals surface area contributed by atoms with E-state index in [2.05, 4.69) is 0 Å². The summed E-state index contributed by atoms with van der Waals surface area (Å²) in [6, 6.07) is 9.99. The topological polar surface area (TPSA) is 101 Å². The van der Waals surface area contributed by atoms with Crippen molar-refractivity contribution in [3.63, 3.8) is 0 Å². The first kappa shape index (κ1) is 24.4. The number of carboxylic acids is 2. The number of hydrogen-bond acceptors (Lipinski definition) is 3. The van der Waals surface area contributed by atoms with Crippen molar-refractivity contribution in [1.29, 1.82) is 0 Å². The second kappa shape index (κ2) is 13.4. The summed E-state index contributed by atoms with van der Waals surface area (Å²) in [4.78, 5) is 19.4. The quantitative estimate of drug-likeness (QED) is 0.777. The second-order valence-corrected chi connectivity index (χ2v) is 4.99. The summed E-state index contributed by atoms with van der Waals surface area (Å²) < 4.78 is 0. The van der Waals surface area contributed by atoms with E-state index in [0.29, 0.717) is 6.54 Å². The van der Waals surface area contributed by atoms with Crippen LogP contribution in [0.1, 0.15) is 39.7 Å². The molecule has 0 fully saturated rings. The molecule has 0 aliphatic heterocycles. The van der Waals surface area contributed by atoms with Crippen LogP contribution in [0.5, 0.6) is 0 Å². The van der Waals surface area contributed by atoms with E-state index in [1.54, 1.807) is 27.7 Å². The van der Waals surface area contributed by atoms with E-state index in [9.17, 15) is 9.59 Å². The van der Waals surface area contributed by atoms with Crippen LogP contribution in [0.4, 0.5) is 0 Å². The zero-order valence-electron chi connectivity index (χ0n) is 13.0. The van der Waals surface area contributed by atoms with Crippen molar-refractivity contribution < 1.29 is 19.8 Å². The SMILES string of the molecule is CC(C)(C)C(=O)O.CCC(=O)O.Cl.NCc1ccccc1. The third-order valence-corrected chi connectivity index (χ3v) is 2.02. The lowest BCUT2D eigenvalue weighted by Gasteiger charge is -2.08. The summed E-state index contributed by atoms with van der Waals surface area (Å²) in [7, 11) is 0. The first-order valence-electron chi connectivity index (χ1n) is 6.34. The van der Waals surface area contributed by atoms with Gasteiger partial charge in [-0.2, -0.15) is 0 Å². The maximum Gasteiger partial charge on any atom is 0.308 e. The number of carboxylic acid groups (broad SMARTS) is 2. The second-order valence-electron chi connectivity index (χ2n) is 4.99. The van der Waals surface area contributed by atoms with Gasteiger partial charge in [0, 0.05) is 13.0 Å². The van der Waals surface area contributed by atoms with Crippen molar-refractivity contribution in [3.05, 3.63) is 35.9 Å². The van der Waals surface area contributed by atoms with Crippen LogP contribution in [0.15, 0.2) is 30.3 Å². The first-order chi connectivity index (χ1) is 9.15. The van der Waals surface area contributed by atoms with Gasteiger partial charge in [-0.1, -0.05) is 37.3 Å². The summed E-state index contributed by atoms with van der Waals surface area (Å²) in [6.07, 6.45) is 0.222. The molecule has 0 heterocycles. The van der Waals surface area contributed by atoms with Crippen LogP contribution >= 0.6 is 12.4 Å². The standard InChI is InChI=1S/C7H9N.C5H10O2.C3H6O2.ClH/c8-6-7-4-2-1-3-5-7;1-5(2,3)4(6)7;1-2-3(4)5;/h1-5H,6,8H2;1-3H3,(H,6,7);2H2,1H3,(H,4,5);1H. The van der Waals surface area contributed by atoms with Crippen molar-refractivity contribution in [2.24, 2.45) is 11.1 Å². The van der Waals surface area contributed by atoms with Crippen LogP contribution in [-0.2, 0) is 16.1 Å². The molecule has 0 saturated heterocycles. The Hall–Kier alpha value is -1.59. The lowest BCUT2D eigenvalue weighted by Crippen LogP contribution is -2.18. The van der Waals surface area contributed by atoms with E-state index in [1.165, 1.54) is 5.56 Å². The Morgan fingerprint density at radius 3 is 1.57 bits per heavy atom. The molecule has 122 valence electrons. The number of carbonyl (C=O) groups is 2. The fraction of sp³-hybridized carbons (Fsp3) is 0.467. The third kappa shape index (κ3) is 18.4. The largest absolute Gasteiger partial charge is 0.481 e. The molecule has 5 nitrogen and oxygen atoms in total. The van der Waals surface area contributed by atoms with Gasteiger partial charge in [-0.05, 0) is 26.3 Å². The molecule has 0 unspecified atom stereocenters. The van der Waals surface area contributed by atoms with Gasteiger partial charge in [0.25, 0.3) is 0 Å². The third-order valence-electron chi connectivity index (χ3n) is 2.02. The Labute approximate surface area is 132 Å². The molecule has 0 aliphatic rings. The van der Waals surface area contributed by atoms with Crippen molar-refractivity contribution in [2.75, 3.05) is 0 Å². The molecule has 4 N–H and O–H groups in total. The molecule has 0 amide bonds. The van der Waals surface area contributed by atoms with E-state index < -0.39 is 17.4 Å². The Morgan fingerprint density at radius 2 is 1.43 bits per heavy atom. The molecular formula is C15H26ClNO4. The van der Waals surface area contributed by atoms with Crippen LogP contribution in [0.3, 0.4) is 0 Å². The lowest BCUT2D eigenvalue weighted by molar-refractivity contribution is -0.145. The van der Waals surface area contributed by atoms with E-state index in [-0.39, 0.29) is 18.8 Å². The van der Waals surface area contributed by atoms with Gasteiger partial charge in [0.05, 0.1) is 5.41 Å². The summed E-state index contributed by atoms with van der Waals surface area (Å²) in [5.41, 5.74) is 5.95. The molecule has 0 aliphatic carbocycles. The van der Waals surface area contributed by atoms with Crippen LogP contribution in [0, 0.1) is 5.41 Å². The molecule has 0 bridgehead atoms. The van der Waals surface area contributed by atoms with Gasteiger partial charge >= 0.3 is 11.9 Å². The average Bonchev–Trinajstić information content (AvgIpc) is 2.40. The Bertz CT molecular complexity index is 388. The van der Waals surface area contributed by atoms with Crippen LogP contribution in [0.2, 0.25) is 0 Å². The molecule has 0 radical (unpaired) electrons. The Kier molecular flexibility index (Phi) is 15.6. The van der Waals surface area contributed by atoms with E-state index in [0.717, 1.165) is 0 Å². The number of benzene rings is 1. The molecule has 0 spiro atoms. The van der Waals surface area contributed by atoms with Gasteiger partial charge in [-0.25, -0.2) is 0 Å². The summed E-state index contributed by atoms with van der Waals surface area (Å²) in [5, 5.41) is 16.0. The van der Waals surface area contributed by atoms with E-state index >= 15 is 0 Å². The highest BCUT2D eigenvalue weighted by Crippen LogP contribution is 2.11. The fourth-order valence-electron chi connectivity index (χ4n) is 0.614. The molecule has 0 atom stereocenters. The van der Waals surface area contributed by atoms with Crippen molar-refractivity contribution in [1.82, 2.24) is 0 Å². The van der Waals surface area contributed by atoms with Gasteiger partial charge in [-0.3, -0.25) is 9.59 Å². The Morgan fingerprint density at radius 1 is 1.10 bits per heavy atom. The maximum absolute atomic E-state index is 10.0. The molecule has 0 saturated carbocycles. The lowest BCUT2D eigenvalue weighted by atomic mass is 9.98. The molecule has 0 aromatic heterocycles. The van der Waals surface area contributed by atoms with E-state index in [1.807, 2.05) is 30.3 Å². The van der Waals surface area contributed by atoms with Crippen LogP contribution < -0.4 is 5.73 Å². The number of hydrogen-bond donors (Lipinski definition) is 3. The minimum absolute atomic E-state index is 0. The van der Waals surface area contributed by atoms with Crippen molar-refractivity contribution >= 4 is 24.3 Å². The van der Waals surface area contributed by atoms with E-state index in [4.69, 9.17) is 15.9 Å². The summed E-state index contributed by atoms with van der Waals surface area (Å²) >= 11 is 0. The zero-order valence-corrected chi connectivity index (χ0v) is 13.8. The average molecular weight is 320 g/mol. The molecule has 1 rings (SSSR count). The van der Waals surface area contributed by atoms with Gasteiger partial charge in [0.15, 0.2) is 0 Å². The number of rotatable bonds is 2. The predicted molar refractivity (Wildman–Crippen MR) is 86.6 cm³/mol. The van der Waals surface area contributed by atoms with Gasteiger partial charge < -0.3 is 15.9 Å².